The van der Waals surface area contributed by atoms with Crippen molar-refractivity contribution in [1.29, 1.82) is 0 Å². The van der Waals surface area contributed by atoms with Gasteiger partial charge >= 0.3 is 0 Å². The van der Waals surface area contributed by atoms with Crippen LogP contribution in [0.15, 0.2) is 36.7 Å². The van der Waals surface area contributed by atoms with E-state index in [1.807, 2.05) is 19.2 Å². The van der Waals surface area contributed by atoms with Crippen molar-refractivity contribution in [3.05, 3.63) is 64.2 Å². The molecule has 0 amide bonds. The second-order valence-electron chi connectivity index (χ2n) is 4.13. The van der Waals surface area contributed by atoms with Gasteiger partial charge in [0.15, 0.2) is 0 Å². The molecule has 2 rings (SSSR count). The van der Waals surface area contributed by atoms with Crippen molar-refractivity contribution < 1.29 is 4.39 Å². The Morgan fingerprint density at radius 3 is 2.72 bits per heavy atom. The summed E-state index contributed by atoms with van der Waals surface area (Å²) in [7, 11) is 1.85. The summed E-state index contributed by atoms with van der Waals surface area (Å²) in [6.07, 6.45) is 3.31. The summed E-state index contributed by atoms with van der Waals surface area (Å²) < 4.78 is 13.3. The van der Waals surface area contributed by atoms with Crippen LogP contribution in [0.3, 0.4) is 0 Å². The fourth-order valence-corrected chi connectivity index (χ4v) is 2.20. The van der Waals surface area contributed by atoms with Crippen molar-refractivity contribution in [2.75, 3.05) is 7.05 Å². The molecule has 1 aromatic carbocycles. The van der Waals surface area contributed by atoms with Crippen LogP contribution in [0.25, 0.3) is 0 Å². The summed E-state index contributed by atoms with van der Waals surface area (Å²) in [6, 6.07) is 6.86. The fraction of sp³-hybridized carbons (Fsp3) is 0.214. The van der Waals surface area contributed by atoms with Crippen LogP contribution in [0.1, 0.15) is 22.7 Å². The Bertz CT molecular complexity index is 557. The maximum Gasteiger partial charge on any atom is 0.126 e. The molecular formula is C14H14ClFN2. The van der Waals surface area contributed by atoms with E-state index < -0.39 is 0 Å². The van der Waals surface area contributed by atoms with Crippen LogP contribution in [0, 0.1) is 12.7 Å². The van der Waals surface area contributed by atoms with Crippen molar-refractivity contribution in [2.24, 2.45) is 0 Å². The molecule has 2 nitrogen and oxygen atoms in total. The smallest absolute Gasteiger partial charge is 0.126 e. The summed E-state index contributed by atoms with van der Waals surface area (Å²) in [5, 5.41) is 3.78. The van der Waals surface area contributed by atoms with Gasteiger partial charge in [-0.05, 0) is 42.8 Å². The Kier molecular flexibility index (Phi) is 3.94. The van der Waals surface area contributed by atoms with Crippen molar-refractivity contribution in [1.82, 2.24) is 10.3 Å². The third kappa shape index (κ3) is 2.52. The van der Waals surface area contributed by atoms with Crippen LogP contribution in [0.4, 0.5) is 4.39 Å². The third-order valence-electron chi connectivity index (χ3n) is 2.92. The number of benzene rings is 1. The highest BCUT2D eigenvalue weighted by molar-refractivity contribution is 6.31. The molecule has 0 aliphatic carbocycles. The largest absolute Gasteiger partial charge is 0.309 e. The predicted octanol–water partition coefficient (Wildman–Crippen LogP) is 3.49. The lowest BCUT2D eigenvalue weighted by Gasteiger charge is -2.18. The highest BCUT2D eigenvalue weighted by Gasteiger charge is 2.15. The number of rotatable bonds is 3. The van der Waals surface area contributed by atoms with Crippen LogP contribution in [-0.2, 0) is 0 Å². The van der Waals surface area contributed by atoms with E-state index in [0.717, 1.165) is 11.1 Å². The van der Waals surface area contributed by atoms with Crippen LogP contribution in [0.2, 0.25) is 5.02 Å². The molecule has 1 atom stereocenters. The summed E-state index contributed by atoms with van der Waals surface area (Å²) in [6.45, 7) is 1.75. The topological polar surface area (TPSA) is 24.9 Å². The summed E-state index contributed by atoms with van der Waals surface area (Å²) >= 11 is 6.14. The zero-order valence-electron chi connectivity index (χ0n) is 10.2. The number of nitrogens with one attached hydrogen (secondary N) is 1. The molecule has 0 saturated heterocycles. The standard InChI is InChI=1S/C14H14ClFN2/c1-9-7-10(3-4-13(9)16)14(17-2)11-5-6-18-8-12(11)15/h3-8,14,17H,1-2H3. The molecule has 18 heavy (non-hydrogen) atoms. The van der Waals surface area contributed by atoms with Crippen molar-refractivity contribution in [2.45, 2.75) is 13.0 Å². The van der Waals surface area contributed by atoms with E-state index in [4.69, 9.17) is 11.6 Å². The van der Waals surface area contributed by atoms with E-state index in [0.29, 0.717) is 10.6 Å². The van der Waals surface area contributed by atoms with Gasteiger partial charge in [-0.2, -0.15) is 0 Å². The molecule has 1 aromatic heterocycles. The van der Waals surface area contributed by atoms with Gasteiger partial charge in [-0.15, -0.1) is 0 Å². The highest BCUT2D eigenvalue weighted by atomic mass is 35.5. The highest BCUT2D eigenvalue weighted by Crippen LogP contribution is 2.28. The van der Waals surface area contributed by atoms with Crippen LogP contribution in [-0.4, -0.2) is 12.0 Å². The van der Waals surface area contributed by atoms with E-state index >= 15 is 0 Å². The maximum absolute atomic E-state index is 13.3. The molecule has 0 spiro atoms. The quantitative estimate of drug-likeness (QED) is 0.918. The number of pyridine rings is 1. The number of hydrogen-bond acceptors (Lipinski definition) is 2. The molecule has 0 radical (unpaired) electrons. The van der Waals surface area contributed by atoms with Crippen molar-refractivity contribution in [3.63, 3.8) is 0 Å². The molecule has 1 heterocycles. The second-order valence-corrected chi connectivity index (χ2v) is 4.53. The predicted molar refractivity (Wildman–Crippen MR) is 71.3 cm³/mol. The molecule has 1 unspecified atom stereocenters. The van der Waals surface area contributed by atoms with Gasteiger partial charge in [-0.1, -0.05) is 23.7 Å². The minimum atomic E-state index is -0.200. The molecule has 0 aliphatic rings. The maximum atomic E-state index is 13.3. The van der Waals surface area contributed by atoms with Gasteiger partial charge in [-0.25, -0.2) is 4.39 Å². The summed E-state index contributed by atoms with van der Waals surface area (Å²) in [4.78, 5) is 3.97. The lowest BCUT2D eigenvalue weighted by Crippen LogP contribution is -2.18. The van der Waals surface area contributed by atoms with E-state index in [2.05, 4.69) is 10.3 Å². The average Bonchev–Trinajstić information content (AvgIpc) is 2.37. The first kappa shape index (κ1) is 13.0. The van der Waals surface area contributed by atoms with Gasteiger partial charge < -0.3 is 5.32 Å². The van der Waals surface area contributed by atoms with E-state index in [9.17, 15) is 4.39 Å². The first-order valence-electron chi connectivity index (χ1n) is 5.66. The first-order chi connectivity index (χ1) is 8.63. The van der Waals surface area contributed by atoms with Crippen LogP contribution >= 0.6 is 11.6 Å². The monoisotopic (exact) mass is 264 g/mol. The Morgan fingerprint density at radius 1 is 1.33 bits per heavy atom. The van der Waals surface area contributed by atoms with E-state index in [-0.39, 0.29) is 11.9 Å². The van der Waals surface area contributed by atoms with Crippen LogP contribution < -0.4 is 5.32 Å². The molecular weight excluding hydrogens is 251 g/mol. The molecule has 0 bridgehead atoms. The number of hydrogen-bond donors (Lipinski definition) is 1. The Hall–Kier alpha value is -1.45. The Labute approximate surface area is 111 Å². The third-order valence-corrected chi connectivity index (χ3v) is 3.23. The molecule has 0 saturated carbocycles. The Balaban J connectivity index is 2.45. The normalized spacial score (nSPS) is 12.4. The molecule has 1 N–H and O–H groups in total. The number of halogens is 2. The fourth-order valence-electron chi connectivity index (χ4n) is 1.97. The van der Waals surface area contributed by atoms with Crippen LogP contribution in [0.5, 0.6) is 0 Å². The molecule has 4 heteroatoms. The first-order valence-corrected chi connectivity index (χ1v) is 6.04. The van der Waals surface area contributed by atoms with Gasteiger partial charge in [0.25, 0.3) is 0 Å². The number of aryl methyl sites for hydroxylation is 1. The molecule has 2 aromatic rings. The second kappa shape index (κ2) is 5.46. The van der Waals surface area contributed by atoms with E-state index in [1.165, 1.54) is 6.07 Å². The molecule has 0 fully saturated rings. The van der Waals surface area contributed by atoms with Gasteiger partial charge in [0.05, 0.1) is 11.1 Å². The minimum Gasteiger partial charge on any atom is -0.309 e. The number of aromatic nitrogens is 1. The van der Waals surface area contributed by atoms with E-state index in [1.54, 1.807) is 25.4 Å². The zero-order chi connectivity index (χ0) is 13.1. The summed E-state index contributed by atoms with van der Waals surface area (Å²) in [5.74, 6) is -0.200. The SMILES string of the molecule is CNC(c1ccc(F)c(C)c1)c1ccncc1Cl. The zero-order valence-corrected chi connectivity index (χ0v) is 11.0. The lowest BCUT2D eigenvalue weighted by atomic mass is 9.98. The lowest BCUT2D eigenvalue weighted by molar-refractivity contribution is 0.614. The minimum absolute atomic E-state index is 0.0696. The van der Waals surface area contributed by atoms with Gasteiger partial charge in [0, 0.05) is 12.4 Å². The van der Waals surface area contributed by atoms with Crippen molar-refractivity contribution >= 4 is 11.6 Å². The molecule has 0 aliphatic heterocycles. The molecule has 94 valence electrons. The van der Waals surface area contributed by atoms with Gasteiger partial charge in [-0.3, -0.25) is 4.98 Å². The summed E-state index contributed by atoms with van der Waals surface area (Å²) in [5.41, 5.74) is 2.53. The van der Waals surface area contributed by atoms with Gasteiger partial charge in [0.2, 0.25) is 0 Å². The Morgan fingerprint density at radius 2 is 2.11 bits per heavy atom. The van der Waals surface area contributed by atoms with Gasteiger partial charge in [0.1, 0.15) is 5.82 Å². The van der Waals surface area contributed by atoms with Crippen molar-refractivity contribution in [3.8, 4) is 0 Å². The number of nitrogens with zero attached hydrogens (tertiary/aromatic N) is 1. The average molecular weight is 265 g/mol.